The smallest absolute Gasteiger partial charge is 0.154 e. The maximum atomic E-state index is 6.57. The summed E-state index contributed by atoms with van der Waals surface area (Å²) in [6.07, 6.45) is 0. The molecule has 0 atom stereocenters. The fraction of sp³-hybridized carbons (Fsp3) is 0. The number of para-hydroxylation sites is 4. The maximum absolute atomic E-state index is 6.57. The van der Waals surface area contributed by atoms with Gasteiger partial charge in [0.05, 0.1) is 4.70 Å². The van der Waals surface area contributed by atoms with Crippen LogP contribution in [-0.4, -0.2) is 0 Å². The second-order valence-corrected chi connectivity index (χ2v) is 11.3. The van der Waals surface area contributed by atoms with Gasteiger partial charge in [0.1, 0.15) is 5.58 Å². The minimum atomic E-state index is 0.899. The summed E-state index contributed by atoms with van der Waals surface area (Å²) >= 11 is 1.79. The van der Waals surface area contributed by atoms with Crippen LogP contribution in [0.2, 0.25) is 0 Å². The van der Waals surface area contributed by atoms with Gasteiger partial charge in [-0.1, -0.05) is 72.8 Å². The zero-order valence-electron chi connectivity index (χ0n) is 22.7. The fourth-order valence-corrected chi connectivity index (χ4v) is 6.85. The number of nitrogens with zero attached hydrogens (tertiary/aromatic N) is 2. The Morgan fingerprint density at radius 2 is 0.833 bits per heavy atom. The van der Waals surface area contributed by atoms with E-state index in [1.807, 2.05) is 0 Å². The van der Waals surface area contributed by atoms with Crippen molar-refractivity contribution in [3.63, 3.8) is 0 Å². The van der Waals surface area contributed by atoms with Crippen molar-refractivity contribution in [2.75, 3.05) is 9.80 Å². The Balaban J connectivity index is 1.29. The van der Waals surface area contributed by atoms with Crippen LogP contribution in [-0.2, 0) is 0 Å². The summed E-state index contributed by atoms with van der Waals surface area (Å²) in [6, 6.07) is 55.2. The molecule has 0 aliphatic heterocycles. The molecule has 8 rings (SSSR count). The number of fused-ring (bicyclic) bond motifs is 5. The number of hydrogen-bond donors (Lipinski definition) is 0. The normalized spacial score (nSPS) is 11.3. The van der Waals surface area contributed by atoms with E-state index >= 15 is 0 Å². The Bertz CT molecular complexity index is 1900. The lowest BCUT2D eigenvalue weighted by atomic mass is 10.1. The Kier molecular flexibility index (Phi) is 5.98. The van der Waals surface area contributed by atoms with Crippen molar-refractivity contribution < 1.29 is 4.42 Å². The van der Waals surface area contributed by atoms with E-state index in [0.29, 0.717) is 0 Å². The van der Waals surface area contributed by atoms with Crippen molar-refractivity contribution in [2.45, 2.75) is 0 Å². The molecule has 0 fully saturated rings. The molecule has 0 radical (unpaired) electrons. The summed E-state index contributed by atoms with van der Waals surface area (Å²) in [5.41, 5.74) is 8.50. The third kappa shape index (κ3) is 4.21. The van der Waals surface area contributed by atoms with Crippen molar-refractivity contribution >= 4 is 76.8 Å². The number of benzene rings is 6. The van der Waals surface area contributed by atoms with Crippen molar-refractivity contribution in [3.8, 4) is 0 Å². The van der Waals surface area contributed by atoms with Gasteiger partial charge in [0.25, 0.3) is 0 Å². The average molecular weight is 559 g/mol. The van der Waals surface area contributed by atoms with Gasteiger partial charge < -0.3 is 14.2 Å². The molecule has 0 N–H and O–H groups in total. The maximum Gasteiger partial charge on any atom is 0.154 e. The molecule has 200 valence electrons. The Labute approximate surface area is 248 Å². The van der Waals surface area contributed by atoms with Crippen molar-refractivity contribution in [2.24, 2.45) is 0 Å². The van der Waals surface area contributed by atoms with Gasteiger partial charge in [0.15, 0.2) is 5.58 Å². The molecular weight excluding hydrogens is 532 g/mol. The van der Waals surface area contributed by atoms with E-state index in [1.165, 1.54) is 9.40 Å². The zero-order valence-corrected chi connectivity index (χ0v) is 23.5. The quantitative estimate of drug-likeness (QED) is 0.202. The molecule has 0 amide bonds. The van der Waals surface area contributed by atoms with E-state index in [1.54, 1.807) is 11.3 Å². The van der Waals surface area contributed by atoms with Crippen LogP contribution in [0.4, 0.5) is 34.1 Å². The summed E-state index contributed by atoms with van der Waals surface area (Å²) in [6.45, 7) is 0. The summed E-state index contributed by atoms with van der Waals surface area (Å²) in [4.78, 5) is 4.59. The van der Waals surface area contributed by atoms with Gasteiger partial charge in [0, 0.05) is 49.6 Å². The highest BCUT2D eigenvalue weighted by molar-refractivity contribution is 7.26. The lowest BCUT2D eigenvalue weighted by Crippen LogP contribution is -2.09. The molecule has 6 aromatic carbocycles. The first-order valence-electron chi connectivity index (χ1n) is 14.0. The van der Waals surface area contributed by atoms with Crippen LogP contribution in [0, 0.1) is 0 Å². The van der Waals surface area contributed by atoms with E-state index in [2.05, 4.69) is 168 Å². The van der Waals surface area contributed by atoms with Crippen molar-refractivity contribution in [1.29, 1.82) is 0 Å². The lowest BCUT2D eigenvalue weighted by molar-refractivity contribution is 0.673. The first-order chi connectivity index (χ1) is 20.8. The highest BCUT2D eigenvalue weighted by Crippen LogP contribution is 2.45. The lowest BCUT2D eigenvalue weighted by Gasteiger charge is -2.25. The van der Waals surface area contributed by atoms with Crippen LogP contribution < -0.4 is 9.80 Å². The summed E-state index contributed by atoms with van der Waals surface area (Å²) in [5, 5.41) is 2.26. The first kappa shape index (κ1) is 24.5. The van der Waals surface area contributed by atoms with Gasteiger partial charge in [-0.3, -0.25) is 0 Å². The molecule has 0 unspecified atom stereocenters. The average Bonchev–Trinajstić information content (AvgIpc) is 3.59. The number of thiophene rings is 1. The minimum absolute atomic E-state index is 0.899. The molecule has 0 aliphatic carbocycles. The molecule has 8 aromatic rings. The van der Waals surface area contributed by atoms with E-state index < -0.39 is 0 Å². The Morgan fingerprint density at radius 3 is 1.31 bits per heavy atom. The van der Waals surface area contributed by atoms with E-state index in [4.69, 9.17) is 4.42 Å². The van der Waals surface area contributed by atoms with E-state index in [0.717, 1.165) is 56.1 Å². The van der Waals surface area contributed by atoms with Gasteiger partial charge in [-0.25, -0.2) is 0 Å². The Hall–Kier alpha value is -5.32. The number of furan rings is 1. The van der Waals surface area contributed by atoms with Gasteiger partial charge in [0.2, 0.25) is 0 Å². The SMILES string of the molecule is c1ccc(N(c2ccccc2)c2ccc3sc4c5cc(N(c6ccccc6)c6ccccc6)ccc5oc4c3c2)cc1. The predicted molar refractivity (Wildman–Crippen MR) is 178 cm³/mol. The van der Waals surface area contributed by atoms with Gasteiger partial charge in [-0.05, 0) is 84.9 Å². The van der Waals surface area contributed by atoms with Crippen LogP contribution in [0.25, 0.3) is 31.3 Å². The third-order valence-electron chi connectivity index (χ3n) is 7.62. The number of hydrogen-bond acceptors (Lipinski definition) is 4. The molecule has 42 heavy (non-hydrogen) atoms. The highest BCUT2D eigenvalue weighted by Gasteiger charge is 2.19. The van der Waals surface area contributed by atoms with Gasteiger partial charge >= 0.3 is 0 Å². The number of rotatable bonds is 6. The molecule has 4 heteroatoms. The summed E-state index contributed by atoms with van der Waals surface area (Å²) < 4.78 is 8.96. The Morgan fingerprint density at radius 1 is 0.405 bits per heavy atom. The zero-order chi connectivity index (χ0) is 27.9. The van der Waals surface area contributed by atoms with Crippen molar-refractivity contribution in [1.82, 2.24) is 0 Å². The molecule has 2 heterocycles. The van der Waals surface area contributed by atoms with E-state index in [9.17, 15) is 0 Å². The molecule has 3 nitrogen and oxygen atoms in total. The van der Waals surface area contributed by atoms with Crippen LogP contribution in [0.15, 0.2) is 162 Å². The second kappa shape index (κ2) is 10.3. The summed E-state index contributed by atoms with van der Waals surface area (Å²) in [5.74, 6) is 0. The molecule has 0 saturated carbocycles. The van der Waals surface area contributed by atoms with Crippen molar-refractivity contribution in [3.05, 3.63) is 158 Å². The van der Waals surface area contributed by atoms with Crippen LogP contribution in [0.1, 0.15) is 0 Å². The standard InChI is InChI=1S/C38H26N2OS/c1-5-13-27(14-6-1)39(28-15-7-2-8-16-28)31-21-23-35-33(25-31)38-37(41-35)34-26-32(22-24-36(34)42-38)40(29-17-9-3-10-18-29)30-19-11-4-12-20-30/h1-26H. The highest BCUT2D eigenvalue weighted by atomic mass is 32.1. The molecule has 0 spiro atoms. The minimum Gasteiger partial charge on any atom is -0.454 e. The third-order valence-corrected chi connectivity index (χ3v) is 8.81. The number of anilines is 6. The molecule has 2 aromatic heterocycles. The molecule has 0 aliphatic rings. The molecule has 0 saturated heterocycles. The molecular formula is C38H26N2OS. The van der Waals surface area contributed by atoms with Crippen LogP contribution >= 0.6 is 11.3 Å². The molecule has 0 bridgehead atoms. The van der Waals surface area contributed by atoms with Gasteiger partial charge in [-0.15, -0.1) is 11.3 Å². The largest absolute Gasteiger partial charge is 0.454 e. The monoisotopic (exact) mass is 558 g/mol. The van der Waals surface area contributed by atoms with Crippen LogP contribution in [0.5, 0.6) is 0 Å². The predicted octanol–water partition coefficient (Wildman–Crippen LogP) is 11.7. The fourth-order valence-electron chi connectivity index (χ4n) is 5.72. The van der Waals surface area contributed by atoms with E-state index in [-0.39, 0.29) is 0 Å². The van der Waals surface area contributed by atoms with Gasteiger partial charge in [-0.2, -0.15) is 0 Å². The summed E-state index contributed by atoms with van der Waals surface area (Å²) in [7, 11) is 0. The topological polar surface area (TPSA) is 19.6 Å². The second-order valence-electron chi connectivity index (χ2n) is 10.2. The van der Waals surface area contributed by atoms with Crippen LogP contribution in [0.3, 0.4) is 0 Å². The first-order valence-corrected chi connectivity index (χ1v) is 14.8.